The molecule has 0 radical (unpaired) electrons. The number of ketones is 1. The Kier molecular flexibility index (Phi) is 7.30. The fourth-order valence-electron chi connectivity index (χ4n) is 5.20. The second kappa shape index (κ2) is 10.8. The lowest BCUT2D eigenvalue weighted by atomic mass is 10.1. The first-order valence-corrected chi connectivity index (χ1v) is 13.0. The molecule has 2 aliphatic rings. The third-order valence-corrected chi connectivity index (χ3v) is 7.36. The number of carbonyl (C=O) groups is 2. The molecular weight excluding hydrogens is 460 g/mol. The molecule has 0 spiro atoms. The number of Topliss-reactive ketones (excluding diaryl/α,β-unsaturated/α-hetero) is 1. The summed E-state index contributed by atoms with van der Waals surface area (Å²) in [6.45, 7) is 5.94. The molecule has 0 saturated carbocycles. The highest BCUT2D eigenvalue weighted by atomic mass is 35.5. The Labute approximate surface area is 211 Å². The van der Waals surface area contributed by atoms with Crippen molar-refractivity contribution in [3.8, 4) is 0 Å². The molecule has 182 valence electrons. The smallest absolute Gasteiger partial charge is 0.299 e. The summed E-state index contributed by atoms with van der Waals surface area (Å²) in [5, 5.41) is 1.88. The van der Waals surface area contributed by atoms with Crippen LogP contribution in [-0.4, -0.2) is 60.8 Å². The average Bonchev–Trinajstić information content (AvgIpc) is 3.13. The predicted molar refractivity (Wildman–Crippen MR) is 142 cm³/mol. The predicted octanol–water partition coefficient (Wildman–Crippen LogP) is 5.19. The maximum absolute atomic E-state index is 12.3. The molecule has 2 aromatic carbocycles. The highest BCUT2D eigenvalue weighted by Gasteiger charge is 2.34. The van der Waals surface area contributed by atoms with Crippen molar-refractivity contribution in [3.05, 3.63) is 65.3 Å². The van der Waals surface area contributed by atoms with Crippen LogP contribution in [0.15, 0.2) is 54.7 Å². The van der Waals surface area contributed by atoms with Crippen LogP contribution < -0.4 is 9.80 Å². The van der Waals surface area contributed by atoms with Crippen LogP contribution in [0.3, 0.4) is 0 Å². The van der Waals surface area contributed by atoms with Gasteiger partial charge in [-0.15, -0.1) is 0 Å². The van der Waals surface area contributed by atoms with Gasteiger partial charge in [0.1, 0.15) is 0 Å². The molecule has 2 aliphatic heterocycles. The van der Waals surface area contributed by atoms with E-state index in [0.29, 0.717) is 12.1 Å². The van der Waals surface area contributed by atoms with E-state index in [-0.39, 0.29) is 11.7 Å². The van der Waals surface area contributed by atoms with Crippen molar-refractivity contribution in [3.63, 3.8) is 0 Å². The van der Waals surface area contributed by atoms with Crippen molar-refractivity contribution in [1.82, 2.24) is 9.88 Å². The number of aromatic nitrogens is 1. The minimum Gasteiger partial charge on any atom is -0.368 e. The van der Waals surface area contributed by atoms with Gasteiger partial charge in [0, 0.05) is 55.0 Å². The van der Waals surface area contributed by atoms with Gasteiger partial charge in [-0.25, -0.2) is 0 Å². The van der Waals surface area contributed by atoms with Crippen LogP contribution in [0.1, 0.15) is 42.5 Å². The molecule has 3 heterocycles. The van der Waals surface area contributed by atoms with E-state index in [1.54, 1.807) is 11.0 Å². The summed E-state index contributed by atoms with van der Waals surface area (Å²) in [7, 11) is 0. The number of fused-ring (bicyclic) bond motifs is 2. The van der Waals surface area contributed by atoms with E-state index < -0.39 is 0 Å². The largest absolute Gasteiger partial charge is 0.368 e. The Morgan fingerprint density at radius 1 is 0.800 bits per heavy atom. The summed E-state index contributed by atoms with van der Waals surface area (Å²) < 4.78 is 0. The molecule has 0 aliphatic carbocycles. The van der Waals surface area contributed by atoms with Crippen molar-refractivity contribution in [2.45, 2.75) is 32.1 Å². The summed E-state index contributed by atoms with van der Waals surface area (Å²) in [6, 6.07) is 15.3. The third-order valence-electron chi connectivity index (χ3n) is 7.13. The van der Waals surface area contributed by atoms with Gasteiger partial charge in [-0.1, -0.05) is 43.0 Å². The maximum atomic E-state index is 12.3. The Balaban J connectivity index is 0.999. The lowest BCUT2D eigenvalue weighted by Crippen LogP contribution is -2.46. The molecule has 6 nitrogen and oxygen atoms in total. The average molecular weight is 491 g/mol. The van der Waals surface area contributed by atoms with Gasteiger partial charge in [0.25, 0.3) is 11.7 Å². The van der Waals surface area contributed by atoms with Gasteiger partial charge in [-0.3, -0.25) is 19.5 Å². The normalized spacial score (nSPS) is 16.4. The van der Waals surface area contributed by atoms with Crippen molar-refractivity contribution in [1.29, 1.82) is 0 Å². The van der Waals surface area contributed by atoms with E-state index in [9.17, 15) is 9.59 Å². The standard InChI is InChI=1S/C28H31ClN4O2/c29-21-10-11-22-24(20-21)30-13-12-25(22)32-18-16-31(17-19-32)14-6-2-1-3-7-15-33-26-9-5-4-8-23(26)27(34)28(33)35/h4-5,8-13,20H,1-3,6-7,14-19H2. The van der Waals surface area contributed by atoms with Crippen LogP contribution in [0, 0.1) is 0 Å². The first-order chi connectivity index (χ1) is 17.1. The number of piperazine rings is 1. The monoisotopic (exact) mass is 490 g/mol. The Bertz CT molecular complexity index is 1220. The van der Waals surface area contributed by atoms with Gasteiger partial charge in [0.2, 0.25) is 0 Å². The topological polar surface area (TPSA) is 56.8 Å². The molecule has 0 N–H and O–H groups in total. The van der Waals surface area contributed by atoms with Gasteiger partial charge in [-0.05, 0) is 55.8 Å². The zero-order valence-corrected chi connectivity index (χ0v) is 20.7. The number of pyridine rings is 1. The fraction of sp³-hybridized carbons (Fsp3) is 0.393. The molecule has 3 aromatic rings. The summed E-state index contributed by atoms with van der Waals surface area (Å²) in [5.74, 6) is -0.754. The molecule has 0 unspecified atom stereocenters. The number of unbranched alkanes of at least 4 members (excludes halogenated alkanes) is 4. The molecule has 7 heteroatoms. The summed E-state index contributed by atoms with van der Waals surface area (Å²) >= 11 is 6.14. The maximum Gasteiger partial charge on any atom is 0.299 e. The number of para-hydroxylation sites is 1. The van der Waals surface area contributed by atoms with Gasteiger partial charge < -0.3 is 9.80 Å². The zero-order chi connectivity index (χ0) is 24.2. The second-order valence-electron chi connectivity index (χ2n) is 9.39. The van der Waals surface area contributed by atoms with Crippen LogP contribution >= 0.6 is 11.6 Å². The van der Waals surface area contributed by atoms with Crippen LogP contribution in [0.2, 0.25) is 5.02 Å². The lowest BCUT2D eigenvalue weighted by Gasteiger charge is -2.36. The van der Waals surface area contributed by atoms with E-state index in [0.717, 1.165) is 73.6 Å². The van der Waals surface area contributed by atoms with E-state index in [2.05, 4.69) is 26.9 Å². The molecule has 0 bridgehead atoms. The number of amides is 1. The number of anilines is 2. The molecular formula is C28H31ClN4O2. The number of halogens is 1. The number of hydrogen-bond acceptors (Lipinski definition) is 5. The molecule has 0 atom stereocenters. The number of carbonyl (C=O) groups excluding carboxylic acids is 2. The van der Waals surface area contributed by atoms with Crippen LogP contribution in [0.5, 0.6) is 0 Å². The molecule has 35 heavy (non-hydrogen) atoms. The highest BCUT2D eigenvalue weighted by Crippen LogP contribution is 2.29. The highest BCUT2D eigenvalue weighted by molar-refractivity contribution is 6.52. The Morgan fingerprint density at radius 2 is 1.54 bits per heavy atom. The molecule has 1 aromatic heterocycles. The molecule has 5 rings (SSSR count). The third kappa shape index (κ3) is 5.19. The summed E-state index contributed by atoms with van der Waals surface area (Å²) in [6.07, 6.45) is 7.42. The number of nitrogens with zero attached hydrogens (tertiary/aromatic N) is 4. The SMILES string of the molecule is O=C1C(=O)N(CCCCCCCN2CCN(c3ccnc4cc(Cl)ccc34)CC2)c2ccccc21. The lowest BCUT2D eigenvalue weighted by molar-refractivity contribution is -0.114. The first-order valence-electron chi connectivity index (χ1n) is 12.6. The minimum atomic E-state index is -0.381. The number of rotatable bonds is 9. The zero-order valence-electron chi connectivity index (χ0n) is 20.0. The van der Waals surface area contributed by atoms with Gasteiger partial charge >= 0.3 is 0 Å². The molecule has 1 amide bonds. The van der Waals surface area contributed by atoms with Crippen molar-refractivity contribution >= 4 is 45.6 Å². The van der Waals surface area contributed by atoms with Gasteiger partial charge in [0.15, 0.2) is 0 Å². The van der Waals surface area contributed by atoms with E-state index in [1.165, 1.54) is 18.5 Å². The van der Waals surface area contributed by atoms with Gasteiger partial charge in [0.05, 0.1) is 16.8 Å². The van der Waals surface area contributed by atoms with Gasteiger partial charge in [-0.2, -0.15) is 0 Å². The van der Waals surface area contributed by atoms with Crippen molar-refractivity contribution < 1.29 is 9.59 Å². The van der Waals surface area contributed by atoms with Crippen molar-refractivity contribution in [2.24, 2.45) is 0 Å². The second-order valence-corrected chi connectivity index (χ2v) is 9.83. The van der Waals surface area contributed by atoms with Crippen LogP contribution in [0.4, 0.5) is 11.4 Å². The fourth-order valence-corrected chi connectivity index (χ4v) is 5.37. The van der Waals surface area contributed by atoms with E-state index in [1.807, 2.05) is 36.5 Å². The van der Waals surface area contributed by atoms with E-state index >= 15 is 0 Å². The molecule has 1 saturated heterocycles. The summed E-state index contributed by atoms with van der Waals surface area (Å²) in [5.41, 5.74) is 3.50. The van der Waals surface area contributed by atoms with Crippen LogP contribution in [0.25, 0.3) is 10.9 Å². The van der Waals surface area contributed by atoms with E-state index in [4.69, 9.17) is 11.6 Å². The number of benzene rings is 2. The first kappa shape index (κ1) is 23.8. The minimum absolute atomic E-state index is 0.373. The molecule has 1 fully saturated rings. The van der Waals surface area contributed by atoms with Crippen molar-refractivity contribution in [2.75, 3.05) is 49.1 Å². The Hall–Kier alpha value is -2.96. The number of hydrogen-bond donors (Lipinski definition) is 0. The Morgan fingerprint density at radius 3 is 2.37 bits per heavy atom. The quantitative estimate of drug-likeness (QED) is 0.305. The summed E-state index contributed by atoms with van der Waals surface area (Å²) in [4.78, 5) is 35.5. The van der Waals surface area contributed by atoms with Crippen LogP contribution in [-0.2, 0) is 4.79 Å².